The number of nitrogens with zero attached hydrogens (tertiary/aromatic N) is 2. The van der Waals surface area contributed by atoms with E-state index in [0.29, 0.717) is 28.6 Å². The van der Waals surface area contributed by atoms with E-state index in [9.17, 15) is 4.79 Å². The molecular weight excluding hydrogens is 352 g/mol. The molecule has 0 atom stereocenters. The van der Waals surface area contributed by atoms with Crippen molar-refractivity contribution in [3.8, 4) is 0 Å². The Morgan fingerprint density at radius 3 is 2.65 bits per heavy atom. The van der Waals surface area contributed by atoms with Crippen molar-refractivity contribution in [2.45, 2.75) is 19.4 Å². The van der Waals surface area contributed by atoms with Gasteiger partial charge in [0.2, 0.25) is 0 Å². The Kier molecular flexibility index (Phi) is 4.54. The van der Waals surface area contributed by atoms with Gasteiger partial charge in [-0.1, -0.05) is 41.9 Å². The summed E-state index contributed by atoms with van der Waals surface area (Å²) in [5.41, 5.74) is 2.99. The van der Waals surface area contributed by atoms with E-state index >= 15 is 0 Å². The fourth-order valence-corrected chi connectivity index (χ4v) is 2.90. The van der Waals surface area contributed by atoms with Gasteiger partial charge in [0.25, 0.3) is 0 Å². The van der Waals surface area contributed by atoms with Crippen molar-refractivity contribution in [2.75, 3.05) is 0 Å². The molecule has 6 heteroatoms. The lowest BCUT2D eigenvalue weighted by Gasteiger charge is -2.07. The molecule has 5 nitrogen and oxygen atoms in total. The quantitative estimate of drug-likeness (QED) is 0.378. The fraction of sp³-hybridized carbons (Fsp3) is 0.150. The van der Waals surface area contributed by atoms with Gasteiger partial charge in [-0.05, 0) is 24.3 Å². The Balaban J connectivity index is 1.37. The third-order valence-corrected chi connectivity index (χ3v) is 4.35. The van der Waals surface area contributed by atoms with Crippen LogP contribution < -0.4 is 0 Å². The number of para-hydroxylation sites is 3. The van der Waals surface area contributed by atoms with Crippen molar-refractivity contribution in [1.29, 1.82) is 0 Å². The summed E-state index contributed by atoms with van der Waals surface area (Å²) in [6, 6.07) is 17.0. The summed E-state index contributed by atoms with van der Waals surface area (Å²) >= 11 is 6.18. The molecule has 0 unspecified atom stereocenters. The van der Waals surface area contributed by atoms with Gasteiger partial charge in [-0.2, -0.15) is 0 Å². The summed E-state index contributed by atoms with van der Waals surface area (Å²) in [6.45, 7) is 0.0864. The highest BCUT2D eigenvalue weighted by Crippen LogP contribution is 2.21. The molecule has 0 aliphatic heterocycles. The summed E-state index contributed by atoms with van der Waals surface area (Å²) in [6.07, 6.45) is 0.572. The van der Waals surface area contributed by atoms with Crippen molar-refractivity contribution in [1.82, 2.24) is 9.97 Å². The van der Waals surface area contributed by atoms with Gasteiger partial charge in [0, 0.05) is 17.4 Å². The summed E-state index contributed by atoms with van der Waals surface area (Å²) in [5.74, 6) is 0.185. The molecule has 4 rings (SSSR count). The Hall–Kier alpha value is -2.92. The molecule has 2 aromatic heterocycles. The van der Waals surface area contributed by atoms with Crippen molar-refractivity contribution in [2.24, 2.45) is 0 Å². The zero-order valence-electron chi connectivity index (χ0n) is 13.8. The number of esters is 1. The van der Waals surface area contributed by atoms with E-state index in [4.69, 9.17) is 20.8 Å². The Morgan fingerprint density at radius 1 is 1.04 bits per heavy atom. The van der Waals surface area contributed by atoms with Crippen molar-refractivity contribution in [3.05, 3.63) is 71.2 Å². The SMILES string of the molecule is O=C(CCc1nc2ccccc2o1)OCc1cc2ccccc2nc1Cl. The number of fused-ring (bicyclic) bond motifs is 2. The number of ether oxygens (including phenoxy) is 1. The topological polar surface area (TPSA) is 65.2 Å². The summed E-state index contributed by atoms with van der Waals surface area (Å²) in [5, 5.41) is 1.30. The molecule has 4 aromatic rings. The maximum absolute atomic E-state index is 12.0. The number of rotatable bonds is 5. The van der Waals surface area contributed by atoms with E-state index < -0.39 is 0 Å². The smallest absolute Gasteiger partial charge is 0.306 e. The lowest BCUT2D eigenvalue weighted by atomic mass is 10.2. The van der Waals surface area contributed by atoms with Crippen molar-refractivity contribution < 1.29 is 13.9 Å². The first-order valence-corrected chi connectivity index (χ1v) is 8.61. The average molecular weight is 367 g/mol. The second-order valence-corrected chi connectivity index (χ2v) is 6.23. The molecule has 26 heavy (non-hydrogen) atoms. The number of aryl methyl sites for hydroxylation is 1. The molecule has 0 aliphatic carbocycles. The molecule has 0 N–H and O–H groups in total. The van der Waals surface area contributed by atoms with Crippen molar-refractivity contribution >= 4 is 39.6 Å². The van der Waals surface area contributed by atoms with E-state index in [1.54, 1.807) is 0 Å². The lowest BCUT2D eigenvalue weighted by Crippen LogP contribution is -2.06. The van der Waals surface area contributed by atoms with Gasteiger partial charge in [-0.3, -0.25) is 4.79 Å². The highest BCUT2D eigenvalue weighted by molar-refractivity contribution is 6.30. The molecule has 0 radical (unpaired) electrons. The molecule has 0 spiro atoms. The first-order valence-electron chi connectivity index (χ1n) is 8.23. The van der Waals surface area contributed by atoms with Crippen LogP contribution in [0.3, 0.4) is 0 Å². The lowest BCUT2D eigenvalue weighted by molar-refractivity contribution is -0.145. The summed E-state index contributed by atoms with van der Waals surface area (Å²) in [7, 11) is 0. The van der Waals surface area contributed by atoms with Crippen LogP contribution in [-0.4, -0.2) is 15.9 Å². The maximum atomic E-state index is 12.0. The molecule has 0 saturated heterocycles. The number of hydrogen-bond acceptors (Lipinski definition) is 5. The Morgan fingerprint density at radius 2 is 1.81 bits per heavy atom. The van der Waals surface area contributed by atoms with E-state index in [0.717, 1.165) is 16.4 Å². The first-order chi connectivity index (χ1) is 12.7. The van der Waals surface area contributed by atoms with E-state index in [1.165, 1.54) is 0 Å². The Labute approximate surface area is 154 Å². The summed E-state index contributed by atoms with van der Waals surface area (Å²) < 4.78 is 10.9. The minimum atomic E-state index is -0.337. The van der Waals surface area contributed by atoms with Crippen LogP contribution in [0.4, 0.5) is 0 Å². The third kappa shape index (κ3) is 3.53. The zero-order chi connectivity index (χ0) is 17.9. The molecule has 0 fully saturated rings. The number of carbonyl (C=O) groups is 1. The van der Waals surface area contributed by atoms with Crippen LogP contribution in [0.2, 0.25) is 5.15 Å². The number of carbonyl (C=O) groups excluding carboxylic acids is 1. The maximum Gasteiger partial charge on any atom is 0.306 e. The molecule has 0 aliphatic rings. The highest BCUT2D eigenvalue weighted by atomic mass is 35.5. The molecular formula is C20H15ClN2O3. The van der Waals surface area contributed by atoms with Crippen molar-refractivity contribution in [3.63, 3.8) is 0 Å². The van der Waals surface area contributed by atoms with Crippen LogP contribution in [0.25, 0.3) is 22.0 Å². The minimum Gasteiger partial charge on any atom is -0.461 e. The van der Waals surface area contributed by atoms with Gasteiger partial charge in [0.05, 0.1) is 11.9 Å². The highest BCUT2D eigenvalue weighted by Gasteiger charge is 2.11. The molecule has 0 amide bonds. The van der Waals surface area contributed by atoms with Crippen LogP contribution in [0, 0.1) is 0 Å². The molecule has 0 saturated carbocycles. The number of aromatic nitrogens is 2. The van der Waals surface area contributed by atoms with Gasteiger partial charge in [0.1, 0.15) is 17.3 Å². The number of halogens is 1. The third-order valence-electron chi connectivity index (χ3n) is 4.02. The number of pyridine rings is 1. The normalized spacial score (nSPS) is 11.1. The van der Waals surface area contributed by atoms with Crippen LogP contribution in [0.5, 0.6) is 0 Å². The van der Waals surface area contributed by atoms with E-state index in [1.807, 2.05) is 54.6 Å². The number of hydrogen-bond donors (Lipinski definition) is 0. The van der Waals surface area contributed by atoms with Gasteiger partial charge >= 0.3 is 5.97 Å². The van der Waals surface area contributed by atoms with Gasteiger partial charge < -0.3 is 9.15 Å². The van der Waals surface area contributed by atoms with Crippen LogP contribution in [0.15, 0.2) is 59.0 Å². The van der Waals surface area contributed by atoms with Gasteiger partial charge in [-0.25, -0.2) is 9.97 Å². The summed E-state index contributed by atoms with van der Waals surface area (Å²) in [4.78, 5) is 20.7. The first kappa shape index (κ1) is 16.5. The Bertz CT molecular complexity index is 1060. The second kappa shape index (κ2) is 7.14. The van der Waals surface area contributed by atoms with Crippen LogP contribution in [-0.2, 0) is 22.6 Å². The molecule has 130 valence electrons. The van der Waals surface area contributed by atoms with Gasteiger partial charge in [0.15, 0.2) is 11.5 Å². The monoisotopic (exact) mass is 366 g/mol. The van der Waals surface area contributed by atoms with Crippen LogP contribution in [0.1, 0.15) is 17.9 Å². The minimum absolute atomic E-state index is 0.0864. The number of oxazole rings is 1. The average Bonchev–Trinajstić information content (AvgIpc) is 3.07. The number of benzene rings is 2. The zero-order valence-corrected chi connectivity index (χ0v) is 14.6. The predicted molar refractivity (Wildman–Crippen MR) is 98.9 cm³/mol. The standard InChI is InChI=1S/C20H15ClN2O3/c21-20-14(11-13-5-1-2-6-15(13)23-20)12-25-19(24)10-9-18-22-16-7-3-4-8-17(16)26-18/h1-8,11H,9-10,12H2. The van der Waals surface area contributed by atoms with E-state index in [-0.39, 0.29) is 19.0 Å². The van der Waals surface area contributed by atoms with Crippen LogP contribution >= 0.6 is 11.6 Å². The second-order valence-electron chi connectivity index (χ2n) is 5.87. The largest absolute Gasteiger partial charge is 0.461 e. The van der Waals surface area contributed by atoms with Gasteiger partial charge in [-0.15, -0.1) is 0 Å². The van der Waals surface area contributed by atoms with E-state index in [2.05, 4.69) is 9.97 Å². The molecule has 0 bridgehead atoms. The fourth-order valence-electron chi connectivity index (χ4n) is 2.70. The predicted octanol–water partition coefficient (Wildman–Crippen LogP) is 4.71. The molecule has 2 heterocycles. The molecule has 2 aromatic carbocycles.